The molecule has 2 aromatic rings. The Morgan fingerprint density at radius 3 is 2.45 bits per heavy atom. The van der Waals surface area contributed by atoms with E-state index >= 15 is 0 Å². The number of rotatable bonds is 11. The summed E-state index contributed by atoms with van der Waals surface area (Å²) in [6.07, 6.45) is 3.87. The average molecular weight is 495 g/mol. The fourth-order valence-corrected chi connectivity index (χ4v) is 4.46. The van der Waals surface area contributed by atoms with Crippen LogP contribution in [0.15, 0.2) is 47.4 Å². The minimum Gasteiger partial charge on any atom is -0.493 e. The molecule has 0 radical (unpaired) electrons. The van der Waals surface area contributed by atoms with Gasteiger partial charge < -0.3 is 14.8 Å². The van der Waals surface area contributed by atoms with Gasteiger partial charge in [-0.15, -0.1) is 0 Å². The maximum Gasteiger partial charge on any atom is 0.244 e. The van der Waals surface area contributed by atoms with Crippen LogP contribution in [0.4, 0.5) is 0 Å². The average Bonchev–Trinajstić information content (AvgIpc) is 2.79. The first-order valence-electron chi connectivity index (χ1n) is 10.6. The van der Waals surface area contributed by atoms with E-state index in [2.05, 4.69) is 5.32 Å². The highest BCUT2D eigenvalue weighted by atomic mass is 35.5. The van der Waals surface area contributed by atoms with E-state index in [1.807, 2.05) is 20.8 Å². The smallest absolute Gasteiger partial charge is 0.244 e. The molecule has 33 heavy (non-hydrogen) atoms. The van der Waals surface area contributed by atoms with Crippen molar-refractivity contribution in [3.05, 3.63) is 58.6 Å². The Kier molecular flexibility index (Phi) is 9.76. The summed E-state index contributed by atoms with van der Waals surface area (Å²) in [5, 5.41) is 3.18. The molecule has 2 rings (SSSR count). The van der Waals surface area contributed by atoms with E-state index < -0.39 is 10.0 Å². The van der Waals surface area contributed by atoms with Gasteiger partial charge in [-0.2, -0.15) is 4.31 Å². The quantitative estimate of drug-likeness (QED) is 0.465. The lowest BCUT2D eigenvalue weighted by molar-refractivity contribution is -0.116. The predicted octanol–water partition coefficient (Wildman–Crippen LogP) is 4.50. The van der Waals surface area contributed by atoms with Gasteiger partial charge in [-0.1, -0.05) is 30.7 Å². The molecule has 9 heteroatoms. The van der Waals surface area contributed by atoms with Crippen molar-refractivity contribution in [2.75, 3.05) is 20.8 Å². The number of sulfonamides is 1. The molecule has 0 saturated carbocycles. The standard InChI is InChI=1S/C24H31ClN2O5S/c1-6-13-32-24-21(25)14-19(15-22(24)31-5)9-12-23(28)26-16-18-7-10-20(11-8-18)33(29,30)27(4)17(2)3/h7-12,14-15,17H,6,13,16H2,1-5H3,(H,26,28)/b12-9+. The van der Waals surface area contributed by atoms with Crippen molar-refractivity contribution in [1.82, 2.24) is 9.62 Å². The summed E-state index contributed by atoms with van der Waals surface area (Å²) in [5.41, 5.74) is 1.48. The van der Waals surface area contributed by atoms with Crippen molar-refractivity contribution >= 4 is 33.6 Å². The molecule has 180 valence electrons. The summed E-state index contributed by atoms with van der Waals surface area (Å²) in [4.78, 5) is 12.5. The maximum atomic E-state index is 12.5. The predicted molar refractivity (Wildman–Crippen MR) is 131 cm³/mol. The maximum absolute atomic E-state index is 12.5. The third-order valence-corrected chi connectivity index (χ3v) is 7.25. The molecule has 2 aromatic carbocycles. The van der Waals surface area contributed by atoms with Crippen molar-refractivity contribution in [3.8, 4) is 11.5 Å². The highest BCUT2D eigenvalue weighted by molar-refractivity contribution is 7.89. The zero-order valence-corrected chi connectivity index (χ0v) is 21.2. The third kappa shape index (κ3) is 7.22. The van der Waals surface area contributed by atoms with Crippen LogP contribution >= 0.6 is 11.6 Å². The number of carbonyl (C=O) groups is 1. The normalized spacial score (nSPS) is 11.9. The van der Waals surface area contributed by atoms with Crippen LogP contribution in [0.1, 0.15) is 38.3 Å². The van der Waals surface area contributed by atoms with Crippen molar-refractivity contribution in [3.63, 3.8) is 0 Å². The van der Waals surface area contributed by atoms with Crippen LogP contribution in [0.2, 0.25) is 5.02 Å². The largest absolute Gasteiger partial charge is 0.493 e. The van der Waals surface area contributed by atoms with Gasteiger partial charge >= 0.3 is 0 Å². The van der Waals surface area contributed by atoms with Gasteiger partial charge in [0.15, 0.2) is 11.5 Å². The van der Waals surface area contributed by atoms with Crippen LogP contribution in [0, 0.1) is 0 Å². The second kappa shape index (κ2) is 12.1. The van der Waals surface area contributed by atoms with E-state index in [1.165, 1.54) is 17.5 Å². The van der Waals surface area contributed by atoms with Crippen molar-refractivity contribution in [2.24, 2.45) is 0 Å². The van der Waals surface area contributed by atoms with Crippen LogP contribution in [-0.4, -0.2) is 45.4 Å². The van der Waals surface area contributed by atoms with E-state index in [-0.39, 0.29) is 23.4 Å². The monoisotopic (exact) mass is 494 g/mol. The molecule has 0 atom stereocenters. The van der Waals surface area contributed by atoms with Gasteiger partial charge in [-0.3, -0.25) is 4.79 Å². The number of amides is 1. The van der Waals surface area contributed by atoms with E-state index in [4.69, 9.17) is 21.1 Å². The van der Waals surface area contributed by atoms with E-state index in [1.54, 1.807) is 49.5 Å². The number of nitrogens with one attached hydrogen (secondary N) is 1. The molecule has 1 N–H and O–H groups in total. The summed E-state index contributed by atoms with van der Waals surface area (Å²) < 4.78 is 37.4. The highest BCUT2D eigenvalue weighted by Gasteiger charge is 2.22. The molecule has 7 nitrogen and oxygen atoms in total. The number of nitrogens with zero attached hydrogens (tertiary/aromatic N) is 1. The Labute approximate surface area is 201 Å². The molecule has 1 amide bonds. The highest BCUT2D eigenvalue weighted by Crippen LogP contribution is 2.36. The zero-order chi connectivity index (χ0) is 24.6. The van der Waals surface area contributed by atoms with Crippen LogP contribution in [0.3, 0.4) is 0 Å². The molecule has 0 bridgehead atoms. The fraction of sp³-hybridized carbons (Fsp3) is 0.375. The molecule has 0 aliphatic rings. The zero-order valence-electron chi connectivity index (χ0n) is 19.6. The summed E-state index contributed by atoms with van der Waals surface area (Å²) >= 11 is 6.30. The van der Waals surface area contributed by atoms with Crippen LogP contribution < -0.4 is 14.8 Å². The molecule has 0 unspecified atom stereocenters. The molecule has 0 spiro atoms. The second-order valence-electron chi connectivity index (χ2n) is 7.69. The summed E-state index contributed by atoms with van der Waals surface area (Å²) in [6, 6.07) is 9.76. The summed E-state index contributed by atoms with van der Waals surface area (Å²) in [5.74, 6) is 0.675. The molecule has 0 aromatic heterocycles. The molecular weight excluding hydrogens is 464 g/mol. The minimum absolute atomic E-state index is 0.143. The first-order valence-corrected chi connectivity index (χ1v) is 12.4. The van der Waals surface area contributed by atoms with Crippen LogP contribution in [-0.2, 0) is 21.4 Å². The van der Waals surface area contributed by atoms with E-state index in [0.717, 1.165) is 12.0 Å². The topological polar surface area (TPSA) is 84.9 Å². The molecule has 0 fully saturated rings. The fourth-order valence-electron chi connectivity index (χ4n) is 2.82. The molecule has 0 heterocycles. The first kappa shape index (κ1) is 26.7. The minimum atomic E-state index is -3.54. The van der Waals surface area contributed by atoms with Gasteiger partial charge in [0.25, 0.3) is 0 Å². The Morgan fingerprint density at radius 2 is 1.88 bits per heavy atom. The van der Waals surface area contributed by atoms with Gasteiger partial charge in [-0.05, 0) is 61.7 Å². The molecule has 0 aliphatic carbocycles. The van der Waals surface area contributed by atoms with Crippen LogP contribution in [0.5, 0.6) is 11.5 Å². The number of ether oxygens (including phenoxy) is 2. The molecule has 0 saturated heterocycles. The van der Waals surface area contributed by atoms with E-state index in [0.29, 0.717) is 28.7 Å². The number of methoxy groups -OCH3 is 1. The van der Waals surface area contributed by atoms with Crippen molar-refractivity contribution < 1.29 is 22.7 Å². The number of carbonyl (C=O) groups excluding carboxylic acids is 1. The van der Waals surface area contributed by atoms with Gasteiger partial charge in [0.2, 0.25) is 15.9 Å². The van der Waals surface area contributed by atoms with Crippen molar-refractivity contribution in [1.29, 1.82) is 0 Å². The lowest BCUT2D eigenvalue weighted by atomic mass is 10.1. The number of benzene rings is 2. The molecular formula is C24H31ClN2O5S. The van der Waals surface area contributed by atoms with Gasteiger partial charge in [0, 0.05) is 25.7 Å². The number of halogens is 1. The summed E-state index contributed by atoms with van der Waals surface area (Å²) in [7, 11) is -0.458. The Morgan fingerprint density at radius 1 is 1.21 bits per heavy atom. The SMILES string of the molecule is CCCOc1c(Cl)cc(/C=C/C(=O)NCc2ccc(S(=O)(=O)N(C)C(C)C)cc2)cc1OC. The third-order valence-electron chi connectivity index (χ3n) is 4.92. The van der Waals surface area contributed by atoms with E-state index in [9.17, 15) is 13.2 Å². The second-order valence-corrected chi connectivity index (χ2v) is 10.1. The Balaban J connectivity index is 2.01. The Hall–Kier alpha value is -2.55. The Bertz CT molecular complexity index is 1080. The van der Waals surface area contributed by atoms with Crippen LogP contribution in [0.25, 0.3) is 6.08 Å². The van der Waals surface area contributed by atoms with Crippen molar-refractivity contribution in [2.45, 2.75) is 44.7 Å². The molecule has 0 aliphatic heterocycles. The number of hydrogen-bond donors (Lipinski definition) is 1. The summed E-state index contributed by atoms with van der Waals surface area (Å²) in [6.45, 7) is 6.41. The van der Waals surface area contributed by atoms with Gasteiger partial charge in [-0.25, -0.2) is 8.42 Å². The number of hydrogen-bond acceptors (Lipinski definition) is 5. The van der Waals surface area contributed by atoms with Gasteiger partial charge in [0.05, 0.1) is 23.6 Å². The lowest BCUT2D eigenvalue weighted by Gasteiger charge is -2.21. The lowest BCUT2D eigenvalue weighted by Crippen LogP contribution is -2.33. The first-order chi connectivity index (χ1) is 15.6. The van der Waals surface area contributed by atoms with Gasteiger partial charge in [0.1, 0.15) is 0 Å².